The summed E-state index contributed by atoms with van der Waals surface area (Å²) in [6.45, 7) is 4.64. The Bertz CT molecular complexity index is 1710. The van der Waals surface area contributed by atoms with Crippen LogP contribution in [0.3, 0.4) is 0 Å². The van der Waals surface area contributed by atoms with Crippen LogP contribution in [0.2, 0.25) is 0 Å². The van der Waals surface area contributed by atoms with E-state index in [4.69, 9.17) is 18.9 Å². The van der Waals surface area contributed by atoms with Crippen LogP contribution >= 0.6 is 0 Å². The van der Waals surface area contributed by atoms with Gasteiger partial charge in [0.15, 0.2) is 12.4 Å². The van der Waals surface area contributed by atoms with Crippen LogP contribution in [0.15, 0.2) is 109 Å². The smallest absolute Gasteiger partial charge is 0.306 e. The number of rotatable bonds is 61. The standard InChI is InChI=1S/C73H125NO8/c1-6-8-10-12-14-16-18-20-22-24-26-27-28-29-30-31-32-33-34-35-36-37-38-39-40-41-42-43-44-45-46-48-50-52-54-56-58-60-62-64-71(76)82-69(68-81-73(72(77)78)79-66-65-74(3,4)5)67-80-70(75)63-61-59-57-55-53-51-49-47-25-23-21-19-17-15-13-11-9-7-2/h8,10,14,16,20,22-23,25-27,29-30,32-33,35-36,38-39,69,73H,6-7,9,11-13,15,17-19,21,24,28,31,34,37,40-68H2,1-5H3/b10-8-,16-14-,22-20-,25-23-,27-26-,30-29-,33-32-,36-35-,39-38-. The van der Waals surface area contributed by atoms with E-state index in [1.165, 1.54) is 141 Å². The Labute approximate surface area is 505 Å². The number of quaternary nitrogens is 1. The molecule has 0 saturated carbocycles. The van der Waals surface area contributed by atoms with Gasteiger partial charge in [-0.25, -0.2) is 0 Å². The molecule has 0 N–H and O–H groups in total. The van der Waals surface area contributed by atoms with E-state index >= 15 is 0 Å². The quantitative estimate of drug-likeness (QED) is 0.0195. The molecule has 2 unspecified atom stereocenters. The third-order valence-corrected chi connectivity index (χ3v) is 14.3. The number of carbonyl (C=O) groups excluding carboxylic acids is 3. The van der Waals surface area contributed by atoms with E-state index in [-0.39, 0.29) is 38.6 Å². The molecule has 0 aromatic rings. The predicted octanol–water partition coefficient (Wildman–Crippen LogP) is 19.3. The van der Waals surface area contributed by atoms with Gasteiger partial charge >= 0.3 is 11.9 Å². The fourth-order valence-electron chi connectivity index (χ4n) is 9.14. The van der Waals surface area contributed by atoms with Gasteiger partial charge in [-0.1, -0.05) is 271 Å². The van der Waals surface area contributed by atoms with Crippen LogP contribution in [0.1, 0.15) is 277 Å². The van der Waals surface area contributed by atoms with Crippen molar-refractivity contribution in [3.8, 4) is 0 Å². The molecule has 0 amide bonds. The zero-order chi connectivity index (χ0) is 59.8. The van der Waals surface area contributed by atoms with Crippen molar-refractivity contribution in [2.45, 2.75) is 289 Å². The molecule has 0 aliphatic rings. The minimum Gasteiger partial charge on any atom is -0.545 e. The Kier molecular flexibility index (Phi) is 59.9. The zero-order valence-corrected chi connectivity index (χ0v) is 53.6. The van der Waals surface area contributed by atoms with E-state index in [0.29, 0.717) is 17.4 Å². The van der Waals surface area contributed by atoms with Gasteiger partial charge in [-0.05, 0) is 103 Å². The van der Waals surface area contributed by atoms with Gasteiger partial charge in [0.1, 0.15) is 13.2 Å². The van der Waals surface area contributed by atoms with Crippen LogP contribution in [-0.4, -0.2) is 82.3 Å². The summed E-state index contributed by atoms with van der Waals surface area (Å²) in [5.74, 6) is -2.29. The maximum absolute atomic E-state index is 12.9. The van der Waals surface area contributed by atoms with Gasteiger partial charge in [0.05, 0.1) is 40.3 Å². The number of hydrogen-bond acceptors (Lipinski definition) is 8. The molecule has 0 heterocycles. The van der Waals surface area contributed by atoms with Crippen LogP contribution in [0.5, 0.6) is 0 Å². The first-order valence-electron chi connectivity index (χ1n) is 33.5. The molecule has 0 saturated heterocycles. The summed E-state index contributed by atoms with van der Waals surface area (Å²) in [5, 5.41) is 11.8. The van der Waals surface area contributed by atoms with E-state index in [0.717, 1.165) is 103 Å². The van der Waals surface area contributed by atoms with Crippen molar-refractivity contribution < 1.29 is 42.9 Å². The van der Waals surface area contributed by atoms with Crippen molar-refractivity contribution in [2.24, 2.45) is 0 Å². The molecule has 0 rings (SSSR count). The van der Waals surface area contributed by atoms with Crippen molar-refractivity contribution >= 4 is 17.9 Å². The first-order chi connectivity index (χ1) is 40.1. The van der Waals surface area contributed by atoms with Crippen molar-refractivity contribution in [3.63, 3.8) is 0 Å². The summed E-state index contributed by atoms with van der Waals surface area (Å²) in [4.78, 5) is 37.4. The number of esters is 2. The molecule has 2 atom stereocenters. The molecule has 470 valence electrons. The highest BCUT2D eigenvalue weighted by Gasteiger charge is 2.22. The van der Waals surface area contributed by atoms with E-state index in [2.05, 4.69) is 123 Å². The van der Waals surface area contributed by atoms with Gasteiger partial charge < -0.3 is 33.3 Å². The largest absolute Gasteiger partial charge is 0.545 e. The number of hydrogen-bond donors (Lipinski definition) is 0. The van der Waals surface area contributed by atoms with E-state index in [9.17, 15) is 19.5 Å². The molecule has 9 heteroatoms. The lowest BCUT2D eigenvalue weighted by atomic mass is 10.0. The van der Waals surface area contributed by atoms with Gasteiger partial charge in [0, 0.05) is 12.8 Å². The summed E-state index contributed by atoms with van der Waals surface area (Å²) >= 11 is 0. The van der Waals surface area contributed by atoms with Crippen molar-refractivity contribution in [3.05, 3.63) is 109 Å². The number of likely N-dealkylation sites (N-methyl/N-ethyl adjacent to an activating group) is 1. The molecule has 0 aliphatic carbocycles. The molecule has 0 aliphatic heterocycles. The molecule has 0 spiro atoms. The molecular weight excluding hydrogens is 1020 g/mol. The predicted molar refractivity (Wildman–Crippen MR) is 347 cm³/mol. The SMILES string of the molecule is CC/C=C\C/C=C\C/C=C\C/C=C\C/C=C\C/C=C\C/C=C\C/C=C\CCCCCCCCCCCCCCCCC(=O)OC(COC(=O)CCCCCCCCC/C=C\CCCCCCCCC)COC(OCC[N+](C)(C)C)C(=O)[O-]. The van der Waals surface area contributed by atoms with Crippen LogP contribution in [0, 0.1) is 0 Å². The highest BCUT2D eigenvalue weighted by Crippen LogP contribution is 2.16. The van der Waals surface area contributed by atoms with Crippen molar-refractivity contribution in [2.75, 3.05) is 47.5 Å². The van der Waals surface area contributed by atoms with Gasteiger partial charge in [-0.3, -0.25) is 9.59 Å². The van der Waals surface area contributed by atoms with Crippen molar-refractivity contribution in [1.29, 1.82) is 0 Å². The normalized spacial score (nSPS) is 13.4. The lowest BCUT2D eigenvalue weighted by Crippen LogP contribution is -2.44. The monoisotopic (exact) mass is 1140 g/mol. The Hall–Kier alpha value is -4.05. The Morgan fingerprint density at radius 3 is 1.05 bits per heavy atom. The first-order valence-corrected chi connectivity index (χ1v) is 33.5. The van der Waals surface area contributed by atoms with Gasteiger partial charge in [0.2, 0.25) is 0 Å². The number of carboxylic acids is 1. The molecule has 0 radical (unpaired) electrons. The molecular formula is C73H125NO8. The Morgan fingerprint density at radius 2 is 0.695 bits per heavy atom. The molecule has 82 heavy (non-hydrogen) atoms. The number of nitrogens with zero attached hydrogens (tertiary/aromatic N) is 1. The van der Waals surface area contributed by atoms with Crippen LogP contribution in [0.4, 0.5) is 0 Å². The maximum atomic E-state index is 12.9. The van der Waals surface area contributed by atoms with E-state index < -0.39 is 24.3 Å². The second-order valence-electron chi connectivity index (χ2n) is 23.4. The summed E-state index contributed by atoms with van der Waals surface area (Å²) in [6, 6.07) is 0. The van der Waals surface area contributed by atoms with Crippen molar-refractivity contribution in [1.82, 2.24) is 0 Å². The average Bonchev–Trinajstić information content (AvgIpc) is 3.45. The molecule has 0 aromatic carbocycles. The van der Waals surface area contributed by atoms with Gasteiger partial charge in [0.25, 0.3) is 0 Å². The zero-order valence-electron chi connectivity index (χ0n) is 53.6. The van der Waals surface area contributed by atoms with Gasteiger partial charge in [-0.15, -0.1) is 0 Å². The summed E-state index contributed by atoms with van der Waals surface area (Å²) in [7, 11) is 5.92. The van der Waals surface area contributed by atoms with E-state index in [1.54, 1.807) is 0 Å². The third kappa shape index (κ3) is 63.5. The lowest BCUT2D eigenvalue weighted by molar-refractivity contribution is -0.870. The number of ether oxygens (including phenoxy) is 4. The lowest BCUT2D eigenvalue weighted by Gasteiger charge is -2.26. The Morgan fingerprint density at radius 1 is 0.378 bits per heavy atom. The number of aliphatic carboxylic acids is 1. The van der Waals surface area contributed by atoms with E-state index in [1.807, 2.05) is 21.1 Å². The molecule has 9 nitrogen and oxygen atoms in total. The third-order valence-electron chi connectivity index (χ3n) is 14.3. The number of carboxylic acid groups (broad SMARTS) is 1. The molecule has 0 bridgehead atoms. The van der Waals surface area contributed by atoms with Crippen LogP contribution < -0.4 is 5.11 Å². The summed E-state index contributed by atoms with van der Waals surface area (Å²) in [5.41, 5.74) is 0. The minimum atomic E-state index is -1.63. The highest BCUT2D eigenvalue weighted by molar-refractivity contribution is 5.70. The number of allylic oxidation sites excluding steroid dienone is 18. The second-order valence-corrected chi connectivity index (χ2v) is 23.4. The van der Waals surface area contributed by atoms with Crippen LogP contribution in [0.25, 0.3) is 0 Å². The topological polar surface area (TPSA) is 111 Å². The number of carbonyl (C=O) groups is 3. The Balaban J connectivity index is 4.10. The minimum absolute atomic E-state index is 0.144. The average molecular weight is 1140 g/mol. The number of unbranched alkanes of at least 4 members (excludes halogenated alkanes) is 28. The maximum Gasteiger partial charge on any atom is 0.306 e. The van der Waals surface area contributed by atoms with Crippen LogP contribution in [-0.2, 0) is 33.3 Å². The second kappa shape index (κ2) is 63.0. The van der Waals surface area contributed by atoms with Gasteiger partial charge in [-0.2, -0.15) is 0 Å². The molecule has 0 aromatic heterocycles. The first kappa shape index (κ1) is 78.0. The molecule has 0 fully saturated rings. The summed E-state index contributed by atoms with van der Waals surface area (Å²) < 4.78 is 22.8. The summed E-state index contributed by atoms with van der Waals surface area (Å²) in [6.07, 6.45) is 84.4. The highest BCUT2D eigenvalue weighted by atomic mass is 16.7. The fourth-order valence-corrected chi connectivity index (χ4v) is 9.14. The fraction of sp³-hybridized carbons (Fsp3) is 0.712.